The number of carbonyl (C=O) groups excluding carboxylic acids is 1. The third-order valence-corrected chi connectivity index (χ3v) is 6.32. The first-order chi connectivity index (χ1) is 18.0. The molecule has 0 spiro atoms. The maximum absolute atomic E-state index is 12.0. The van der Waals surface area contributed by atoms with Crippen molar-refractivity contribution in [1.82, 2.24) is 0 Å². The predicted octanol–water partition coefficient (Wildman–Crippen LogP) is 3.30. The van der Waals surface area contributed by atoms with E-state index in [1.807, 2.05) is 6.92 Å². The Hall–Kier alpha value is -1.60. The second-order valence-electron chi connectivity index (χ2n) is 8.18. The summed E-state index contributed by atoms with van der Waals surface area (Å²) in [4.78, 5) is 11.6. The van der Waals surface area contributed by atoms with Crippen LogP contribution in [0.15, 0.2) is 29.2 Å². The fraction of sp³-hybridized carbons (Fsp3) is 0.731. The second kappa shape index (κ2) is 22.4. The summed E-state index contributed by atoms with van der Waals surface area (Å²) < 4.78 is 61.0. The lowest BCUT2D eigenvalue weighted by molar-refractivity contribution is -0.145. The summed E-state index contributed by atoms with van der Waals surface area (Å²) in [6.45, 7) is 8.06. The van der Waals surface area contributed by atoms with Gasteiger partial charge in [0, 0.05) is 6.42 Å². The molecule has 1 rings (SSSR count). The first kappa shape index (κ1) is 33.4. The van der Waals surface area contributed by atoms with Gasteiger partial charge in [-0.3, -0.25) is 8.98 Å². The van der Waals surface area contributed by atoms with E-state index in [0.717, 1.165) is 31.2 Å². The Kier molecular flexibility index (Phi) is 20.2. The number of hydrogen-bond acceptors (Lipinski definition) is 10. The van der Waals surface area contributed by atoms with Crippen molar-refractivity contribution in [3.63, 3.8) is 0 Å². The van der Waals surface area contributed by atoms with Crippen molar-refractivity contribution in [3.05, 3.63) is 29.8 Å². The Morgan fingerprint density at radius 2 is 1.11 bits per heavy atom. The van der Waals surface area contributed by atoms with Gasteiger partial charge in [0.15, 0.2) is 0 Å². The molecule has 10 nitrogen and oxygen atoms in total. The number of ether oxygens (including phenoxy) is 6. The minimum absolute atomic E-state index is 0.0585. The van der Waals surface area contributed by atoms with Crippen LogP contribution in [0, 0.1) is 6.92 Å². The molecule has 214 valence electrons. The van der Waals surface area contributed by atoms with Crippen LogP contribution in [0.25, 0.3) is 0 Å². The molecule has 0 aliphatic heterocycles. The average molecular weight is 549 g/mol. The quantitative estimate of drug-likeness (QED) is 0.102. The number of benzene rings is 1. The molecule has 0 heterocycles. The van der Waals surface area contributed by atoms with E-state index >= 15 is 0 Å². The van der Waals surface area contributed by atoms with Gasteiger partial charge in [-0.15, -0.1) is 0 Å². The minimum atomic E-state index is -3.77. The van der Waals surface area contributed by atoms with Gasteiger partial charge in [-0.05, 0) is 25.5 Å². The van der Waals surface area contributed by atoms with Crippen molar-refractivity contribution >= 4 is 16.1 Å². The van der Waals surface area contributed by atoms with Crippen LogP contribution in [0.3, 0.4) is 0 Å². The standard InChI is InChI=1S/C26H44O10S/c1-3-4-5-6-7-26(27)35-22-20-33-18-16-31-14-12-30-13-15-32-17-19-34-21-23-36-37(28,29)25-10-8-24(2)9-11-25/h8-11H,3-7,12-23H2,1-2H3. The van der Waals surface area contributed by atoms with Gasteiger partial charge in [0.1, 0.15) is 6.61 Å². The van der Waals surface area contributed by atoms with Crippen LogP contribution in [0.1, 0.15) is 44.6 Å². The third-order valence-electron chi connectivity index (χ3n) is 4.99. The summed E-state index contributed by atoms with van der Waals surface area (Å²) in [7, 11) is -3.77. The predicted molar refractivity (Wildman–Crippen MR) is 138 cm³/mol. The fourth-order valence-corrected chi connectivity index (χ4v) is 3.83. The Morgan fingerprint density at radius 1 is 0.649 bits per heavy atom. The third kappa shape index (κ3) is 19.2. The first-order valence-corrected chi connectivity index (χ1v) is 14.4. The Bertz CT molecular complexity index is 783. The van der Waals surface area contributed by atoms with Crippen LogP contribution in [0.2, 0.25) is 0 Å². The van der Waals surface area contributed by atoms with Crippen LogP contribution < -0.4 is 0 Å². The van der Waals surface area contributed by atoms with E-state index in [9.17, 15) is 13.2 Å². The highest BCUT2D eigenvalue weighted by Crippen LogP contribution is 2.12. The topological polar surface area (TPSA) is 116 Å². The molecule has 0 saturated carbocycles. The van der Waals surface area contributed by atoms with Gasteiger partial charge in [-0.2, -0.15) is 8.42 Å². The van der Waals surface area contributed by atoms with Crippen LogP contribution in [0.4, 0.5) is 0 Å². The van der Waals surface area contributed by atoms with Crippen molar-refractivity contribution < 1.29 is 45.8 Å². The second-order valence-corrected chi connectivity index (χ2v) is 9.80. The number of unbranched alkanes of at least 4 members (excludes halogenated alkanes) is 3. The molecule has 0 bridgehead atoms. The molecule has 0 unspecified atom stereocenters. The van der Waals surface area contributed by atoms with Gasteiger partial charge in [0.05, 0.1) is 77.6 Å². The largest absolute Gasteiger partial charge is 0.463 e. The summed E-state index contributed by atoms with van der Waals surface area (Å²) in [5.74, 6) is -0.165. The molecule has 37 heavy (non-hydrogen) atoms. The lowest BCUT2D eigenvalue weighted by Gasteiger charge is -2.09. The molecule has 0 amide bonds. The van der Waals surface area contributed by atoms with Crippen LogP contribution in [0.5, 0.6) is 0 Å². The summed E-state index contributed by atoms with van der Waals surface area (Å²) in [6.07, 6.45) is 4.71. The van der Waals surface area contributed by atoms with Gasteiger partial charge in [0.25, 0.3) is 10.1 Å². The lowest BCUT2D eigenvalue weighted by Crippen LogP contribution is -2.15. The molecule has 0 aliphatic carbocycles. The zero-order chi connectivity index (χ0) is 27.0. The van der Waals surface area contributed by atoms with Gasteiger partial charge < -0.3 is 28.4 Å². The van der Waals surface area contributed by atoms with Crippen LogP contribution in [-0.2, 0) is 47.5 Å². The first-order valence-electron chi connectivity index (χ1n) is 13.0. The fourth-order valence-electron chi connectivity index (χ4n) is 2.94. The van der Waals surface area contributed by atoms with Crippen molar-refractivity contribution in [3.8, 4) is 0 Å². The molecule has 0 N–H and O–H groups in total. The smallest absolute Gasteiger partial charge is 0.305 e. The van der Waals surface area contributed by atoms with Crippen molar-refractivity contribution in [1.29, 1.82) is 0 Å². The summed E-state index contributed by atoms with van der Waals surface area (Å²) >= 11 is 0. The van der Waals surface area contributed by atoms with E-state index in [1.54, 1.807) is 12.1 Å². The number of rotatable bonds is 25. The average Bonchev–Trinajstić information content (AvgIpc) is 2.88. The van der Waals surface area contributed by atoms with Crippen molar-refractivity contribution in [2.75, 3.05) is 79.3 Å². The zero-order valence-corrected chi connectivity index (χ0v) is 23.1. The highest BCUT2D eigenvalue weighted by Gasteiger charge is 2.14. The van der Waals surface area contributed by atoms with E-state index in [-0.39, 0.29) is 30.7 Å². The van der Waals surface area contributed by atoms with Crippen LogP contribution >= 0.6 is 0 Å². The maximum atomic E-state index is 12.0. The van der Waals surface area contributed by atoms with Gasteiger partial charge in [0.2, 0.25) is 0 Å². The van der Waals surface area contributed by atoms with Crippen molar-refractivity contribution in [2.45, 2.75) is 50.8 Å². The van der Waals surface area contributed by atoms with Crippen molar-refractivity contribution in [2.24, 2.45) is 0 Å². The zero-order valence-electron chi connectivity index (χ0n) is 22.3. The van der Waals surface area contributed by atoms with E-state index in [0.29, 0.717) is 65.9 Å². The number of esters is 1. The molecule has 0 saturated heterocycles. The molecule has 0 aliphatic rings. The molecule has 11 heteroatoms. The van der Waals surface area contributed by atoms with Crippen LogP contribution in [-0.4, -0.2) is 93.7 Å². The van der Waals surface area contributed by atoms with E-state index < -0.39 is 10.1 Å². The molecule has 0 atom stereocenters. The summed E-state index contributed by atoms with van der Waals surface area (Å²) in [5, 5.41) is 0. The highest BCUT2D eigenvalue weighted by molar-refractivity contribution is 7.86. The summed E-state index contributed by atoms with van der Waals surface area (Å²) in [6, 6.07) is 6.47. The van der Waals surface area contributed by atoms with Gasteiger partial charge in [-0.1, -0.05) is 43.9 Å². The van der Waals surface area contributed by atoms with E-state index in [1.165, 1.54) is 12.1 Å². The number of hydrogen-bond donors (Lipinski definition) is 0. The molecule has 0 aromatic heterocycles. The summed E-state index contributed by atoms with van der Waals surface area (Å²) in [5.41, 5.74) is 0.975. The molecule has 0 radical (unpaired) electrons. The van der Waals surface area contributed by atoms with E-state index in [4.69, 9.17) is 32.6 Å². The van der Waals surface area contributed by atoms with E-state index in [2.05, 4.69) is 6.92 Å². The maximum Gasteiger partial charge on any atom is 0.305 e. The molecular formula is C26H44O10S. The molecule has 0 fully saturated rings. The number of aryl methyl sites for hydroxylation is 1. The SMILES string of the molecule is CCCCCCC(=O)OCCOCCOCCOCCOCCOCCOS(=O)(=O)c1ccc(C)cc1. The molecule has 1 aromatic carbocycles. The van der Waals surface area contributed by atoms with Gasteiger partial charge in [-0.25, -0.2) is 0 Å². The Labute approximate surface area is 222 Å². The lowest BCUT2D eigenvalue weighted by atomic mass is 10.2. The number of carbonyl (C=O) groups is 1. The minimum Gasteiger partial charge on any atom is -0.463 e. The normalized spacial score (nSPS) is 11.6. The molecule has 1 aromatic rings. The molecular weight excluding hydrogens is 504 g/mol. The highest BCUT2D eigenvalue weighted by atomic mass is 32.2. The monoisotopic (exact) mass is 548 g/mol. The Balaban J connectivity index is 1.78. The Morgan fingerprint density at radius 3 is 1.59 bits per heavy atom. The van der Waals surface area contributed by atoms with Gasteiger partial charge >= 0.3 is 5.97 Å².